The number of piperidine rings is 1. The predicted octanol–water partition coefficient (Wildman–Crippen LogP) is 4.70. The Kier molecular flexibility index (Phi) is 8.98. The smallest absolute Gasteiger partial charge is 0.253 e. The summed E-state index contributed by atoms with van der Waals surface area (Å²) in [6, 6.07) is 11.5. The van der Waals surface area contributed by atoms with Crippen LogP contribution in [-0.2, 0) is 20.6 Å². The van der Waals surface area contributed by atoms with E-state index in [-0.39, 0.29) is 30.2 Å². The van der Waals surface area contributed by atoms with Crippen molar-refractivity contribution in [2.75, 3.05) is 18.4 Å². The van der Waals surface area contributed by atoms with E-state index in [1.165, 1.54) is 10.4 Å². The van der Waals surface area contributed by atoms with E-state index in [0.29, 0.717) is 46.2 Å². The molecular weight excluding hydrogens is 497 g/mol. The number of sulfonamides is 1. The Morgan fingerprint density at radius 1 is 1.15 bits per heavy atom. The highest BCUT2D eigenvalue weighted by Crippen LogP contribution is 2.27. The molecule has 34 heavy (non-hydrogen) atoms. The molecule has 2 aromatic carbocycles. The molecule has 2 aromatic rings. The lowest BCUT2D eigenvalue weighted by Gasteiger charge is -2.31. The maximum atomic E-state index is 13.0. The third-order valence-electron chi connectivity index (χ3n) is 5.90. The maximum Gasteiger partial charge on any atom is 0.253 e. The summed E-state index contributed by atoms with van der Waals surface area (Å²) in [7, 11) is -3.66. The Morgan fingerprint density at radius 3 is 2.59 bits per heavy atom. The molecule has 2 unspecified atom stereocenters. The highest BCUT2D eigenvalue weighted by Gasteiger charge is 2.33. The molecule has 10 heteroatoms. The first-order chi connectivity index (χ1) is 16.1. The average molecular weight is 526 g/mol. The van der Waals surface area contributed by atoms with Crippen LogP contribution >= 0.6 is 23.2 Å². The van der Waals surface area contributed by atoms with Crippen molar-refractivity contribution in [1.29, 1.82) is 0 Å². The molecule has 0 saturated carbocycles. The number of hydrogen-bond donors (Lipinski definition) is 2. The number of carbonyl (C=O) groups excluding carboxylic acids is 2. The molecule has 1 aliphatic heterocycles. The zero-order valence-corrected chi connectivity index (χ0v) is 21.5. The van der Waals surface area contributed by atoms with E-state index >= 15 is 0 Å². The lowest BCUT2D eigenvalue weighted by atomic mass is 9.98. The summed E-state index contributed by atoms with van der Waals surface area (Å²) in [5, 5.41) is 6.39. The minimum atomic E-state index is -3.66. The van der Waals surface area contributed by atoms with Crippen molar-refractivity contribution in [3.63, 3.8) is 0 Å². The third kappa shape index (κ3) is 6.72. The van der Waals surface area contributed by atoms with Crippen LogP contribution < -0.4 is 10.6 Å². The summed E-state index contributed by atoms with van der Waals surface area (Å²) in [6.07, 6.45) is 1.91. The molecule has 184 valence electrons. The summed E-state index contributed by atoms with van der Waals surface area (Å²) in [5.41, 5.74) is 1.31. The van der Waals surface area contributed by atoms with Crippen molar-refractivity contribution >= 4 is 50.7 Å². The Hall–Kier alpha value is -2.13. The molecule has 0 aliphatic carbocycles. The van der Waals surface area contributed by atoms with Crippen molar-refractivity contribution in [2.45, 2.75) is 44.9 Å². The number of nitrogens with zero attached hydrogens (tertiary/aromatic N) is 1. The number of halogens is 2. The van der Waals surface area contributed by atoms with Gasteiger partial charge in [-0.2, -0.15) is 0 Å². The summed E-state index contributed by atoms with van der Waals surface area (Å²) in [6.45, 7) is 4.31. The van der Waals surface area contributed by atoms with Crippen LogP contribution in [0.1, 0.15) is 49.0 Å². The SMILES string of the molecule is CCC(C)NC(=O)c1ccccc1NC(=O)C1CCCN(S(=O)(=O)Cc2ccc(Cl)c(Cl)c2)C1. The number of hydrogen-bond acceptors (Lipinski definition) is 4. The quantitative estimate of drug-likeness (QED) is 0.521. The fourth-order valence-corrected chi connectivity index (χ4v) is 5.69. The number of amides is 2. The van der Waals surface area contributed by atoms with E-state index in [0.717, 1.165) is 6.42 Å². The minimum absolute atomic E-state index is 0.00360. The molecular formula is C24H29Cl2N3O4S. The number of carbonyl (C=O) groups is 2. The topological polar surface area (TPSA) is 95.6 Å². The number of anilines is 1. The predicted molar refractivity (Wildman–Crippen MR) is 136 cm³/mol. The molecule has 2 N–H and O–H groups in total. The second-order valence-corrected chi connectivity index (χ2v) is 11.3. The van der Waals surface area contributed by atoms with Gasteiger partial charge in [-0.05, 0) is 56.0 Å². The molecule has 7 nitrogen and oxygen atoms in total. The van der Waals surface area contributed by atoms with E-state index in [1.54, 1.807) is 36.4 Å². The summed E-state index contributed by atoms with van der Waals surface area (Å²) in [5.74, 6) is -1.32. The van der Waals surface area contributed by atoms with Crippen LogP contribution in [0.3, 0.4) is 0 Å². The van der Waals surface area contributed by atoms with Gasteiger partial charge in [-0.15, -0.1) is 0 Å². The van der Waals surface area contributed by atoms with Crippen LogP contribution in [0.15, 0.2) is 42.5 Å². The standard InChI is InChI=1S/C24H29Cl2N3O4S/c1-3-16(2)27-24(31)19-8-4-5-9-22(19)28-23(30)18-7-6-12-29(14-18)34(32,33)15-17-10-11-20(25)21(26)13-17/h4-5,8-11,13,16,18H,3,6-7,12,14-15H2,1-2H3,(H,27,31)(H,28,30). The fraction of sp³-hybridized carbons (Fsp3) is 0.417. The molecule has 0 spiro atoms. The number of rotatable bonds is 8. The first-order valence-electron chi connectivity index (χ1n) is 11.2. The van der Waals surface area contributed by atoms with Gasteiger partial charge < -0.3 is 10.6 Å². The second-order valence-electron chi connectivity index (χ2n) is 8.52. The van der Waals surface area contributed by atoms with Gasteiger partial charge in [-0.3, -0.25) is 9.59 Å². The van der Waals surface area contributed by atoms with Crippen molar-refractivity contribution < 1.29 is 18.0 Å². The lowest BCUT2D eigenvalue weighted by molar-refractivity contribution is -0.120. The lowest BCUT2D eigenvalue weighted by Crippen LogP contribution is -2.44. The van der Waals surface area contributed by atoms with Crippen LogP contribution in [0.4, 0.5) is 5.69 Å². The highest BCUT2D eigenvalue weighted by molar-refractivity contribution is 7.88. The van der Waals surface area contributed by atoms with E-state index in [2.05, 4.69) is 10.6 Å². The van der Waals surface area contributed by atoms with Gasteiger partial charge in [0.2, 0.25) is 15.9 Å². The normalized spacial score (nSPS) is 17.7. The van der Waals surface area contributed by atoms with Gasteiger partial charge in [0.15, 0.2) is 0 Å². The molecule has 1 aliphatic rings. The van der Waals surface area contributed by atoms with Gasteiger partial charge in [-0.1, -0.05) is 48.3 Å². The van der Waals surface area contributed by atoms with Gasteiger partial charge in [-0.25, -0.2) is 12.7 Å². The van der Waals surface area contributed by atoms with Crippen LogP contribution in [0.25, 0.3) is 0 Å². The average Bonchev–Trinajstić information content (AvgIpc) is 2.81. The van der Waals surface area contributed by atoms with Gasteiger partial charge in [0.05, 0.1) is 33.0 Å². The second kappa shape index (κ2) is 11.5. The molecule has 1 saturated heterocycles. The van der Waals surface area contributed by atoms with Crippen molar-refractivity contribution in [2.24, 2.45) is 5.92 Å². The first-order valence-corrected chi connectivity index (χ1v) is 13.6. The molecule has 1 heterocycles. The van der Waals surface area contributed by atoms with Crippen LogP contribution in [0.5, 0.6) is 0 Å². The molecule has 2 atom stereocenters. The molecule has 0 aromatic heterocycles. The van der Waals surface area contributed by atoms with Gasteiger partial charge in [0.25, 0.3) is 5.91 Å². The number of benzene rings is 2. The van der Waals surface area contributed by atoms with Gasteiger partial charge >= 0.3 is 0 Å². The third-order valence-corrected chi connectivity index (χ3v) is 8.46. The number of nitrogens with one attached hydrogen (secondary N) is 2. The first kappa shape index (κ1) is 26.5. The van der Waals surface area contributed by atoms with Crippen molar-refractivity contribution in [1.82, 2.24) is 9.62 Å². The molecule has 3 rings (SSSR count). The van der Waals surface area contributed by atoms with Gasteiger partial charge in [0.1, 0.15) is 0 Å². The van der Waals surface area contributed by atoms with Gasteiger partial charge in [0, 0.05) is 19.1 Å². The zero-order valence-electron chi connectivity index (χ0n) is 19.2. The Morgan fingerprint density at radius 2 is 1.88 bits per heavy atom. The Labute approximate surface area is 210 Å². The fourth-order valence-electron chi connectivity index (χ4n) is 3.77. The van der Waals surface area contributed by atoms with Crippen molar-refractivity contribution in [3.05, 3.63) is 63.6 Å². The van der Waals surface area contributed by atoms with E-state index in [9.17, 15) is 18.0 Å². The van der Waals surface area contributed by atoms with Crippen LogP contribution in [0.2, 0.25) is 10.0 Å². The Bertz CT molecular complexity index is 1160. The molecule has 1 fully saturated rings. The van der Waals surface area contributed by atoms with E-state index in [1.807, 2.05) is 13.8 Å². The van der Waals surface area contributed by atoms with Crippen LogP contribution in [-0.4, -0.2) is 43.7 Å². The highest BCUT2D eigenvalue weighted by atomic mass is 35.5. The maximum absolute atomic E-state index is 13.0. The summed E-state index contributed by atoms with van der Waals surface area (Å²) >= 11 is 11.9. The number of para-hydroxylation sites is 1. The monoisotopic (exact) mass is 525 g/mol. The minimum Gasteiger partial charge on any atom is -0.350 e. The largest absolute Gasteiger partial charge is 0.350 e. The van der Waals surface area contributed by atoms with E-state index < -0.39 is 15.9 Å². The Balaban J connectivity index is 1.69. The van der Waals surface area contributed by atoms with E-state index in [4.69, 9.17) is 23.2 Å². The molecule has 2 amide bonds. The summed E-state index contributed by atoms with van der Waals surface area (Å²) in [4.78, 5) is 25.7. The van der Waals surface area contributed by atoms with Crippen molar-refractivity contribution in [3.8, 4) is 0 Å². The summed E-state index contributed by atoms with van der Waals surface area (Å²) < 4.78 is 27.4. The molecule has 0 bridgehead atoms. The zero-order chi connectivity index (χ0) is 24.9. The van der Waals surface area contributed by atoms with Crippen LogP contribution in [0, 0.1) is 5.92 Å². The molecule has 0 radical (unpaired) electrons.